The third-order valence-electron chi connectivity index (χ3n) is 4.79. The van der Waals surface area contributed by atoms with Crippen molar-refractivity contribution >= 4 is 46.3 Å². The van der Waals surface area contributed by atoms with Gasteiger partial charge in [-0.05, 0) is 37.6 Å². The van der Waals surface area contributed by atoms with Gasteiger partial charge in [-0.15, -0.1) is 0 Å². The summed E-state index contributed by atoms with van der Waals surface area (Å²) in [6.07, 6.45) is 0. The predicted molar refractivity (Wildman–Crippen MR) is 117 cm³/mol. The molecule has 0 aromatic heterocycles. The predicted octanol–water partition coefficient (Wildman–Crippen LogP) is 4.58. The largest absolute Gasteiger partial charge is 0.474 e. The molecule has 0 spiro atoms. The summed E-state index contributed by atoms with van der Waals surface area (Å²) in [5.41, 5.74) is 0.284. The van der Waals surface area contributed by atoms with E-state index in [9.17, 15) is 9.59 Å². The third kappa shape index (κ3) is 4.61. The molecule has 0 fully saturated rings. The van der Waals surface area contributed by atoms with Crippen LogP contribution in [-0.2, 0) is 19.1 Å². The van der Waals surface area contributed by atoms with E-state index in [1.807, 2.05) is 30.3 Å². The second kappa shape index (κ2) is 9.08. The van der Waals surface area contributed by atoms with Crippen LogP contribution in [-0.4, -0.2) is 42.7 Å². The van der Waals surface area contributed by atoms with Crippen molar-refractivity contribution in [1.29, 1.82) is 0 Å². The number of anilines is 1. The van der Waals surface area contributed by atoms with Crippen LogP contribution in [0.4, 0.5) is 5.69 Å². The van der Waals surface area contributed by atoms with Crippen LogP contribution in [0.15, 0.2) is 54.3 Å². The van der Waals surface area contributed by atoms with Crippen molar-refractivity contribution < 1.29 is 19.1 Å². The first-order valence-electron chi connectivity index (χ1n) is 9.24. The van der Waals surface area contributed by atoms with Crippen molar-refractivity contribution in [2.75, 3.05) is 25.8 Å². The Labute approximate surface area is 185 Å². The summed E-state index contributed by atoms with van der Waals surface area (Å²) in [6, 6.07) is 13.9. The molecule has 1 N–H and O–H groups in total. The van der Waals surface area contributed by atoms with Crippen molar-refractivity contribution in [2.24, 2.45) is 0 Å². The van der Waals surface area contributed by atoms with Crippen molar-refractivity contribution in [3.05, 3.63) is 69.9 Å². The molecular weight excluding hydrogens is 427 g/mol. The minimum Gasteiger partial charge on any atom is -0.474 e. The molecule has 0 saturated heterocycles. The number of amides is 2. The number of benzene rings is 2. The highest BCUT2D eigenvalue weighted by Crippen LogP contribution is 2.32. The van der Waals surface area contributed by atoms with E-state index >= 15 is 0 Å². The van der Waals surface area contributed by atoms with E-state index < -0.39 is 11.4 Å². The Bertz CT molecular complexity index is 970. The molecule has 6 nitrogen and oxygen atoms in total. The summed E-state index contributed by atoms with van der Waals surface area (Å²) < 4.78 is 11.0. The lowest BCUT2D eigenvalue weighted by Gasteiger charge is -2.40. The molecule has 3 rings (SSSR count). The standard InChI is InChI=1S/C22H22Cl2N2O4/c1-22(2,21(28)25-17-10-15(23)9-16(24)11-17)26-13-30-18(12-29-3)19(20(26)27)14-7-5-4-6-8-14/h4-11H,12-13H2,1-3H3,(H,25,28). The summed E-state index contributed by atoms with van der Waals surface area (Å²) >= 11 is 12.0. The maximum absolute atomic E-state index is 13.4. The number of ether oxygens (including phenoxy) is 2. The Balaban J connectivity index is 1.90. The smallest absolute Gasteiger partial charge is 0.261 e. The molecule has 8 heteroatoms. The van der Waals surface area contributed by atoms with Crippen LogP contribution in [0, 0.1) is 0 Å². The molecule has 0 radical (unpaired) electrons. The number of carbonyl (C=O) groups excluding carboxylic acids is 2. The molecular formula is C22H22Cl2N2O4. The number of rotatable bonds is 6. The summed E-state index contributed by atoms with van der Waals surface area (Å²) in [6.45, 7) is 3.38. The van der Waals surface area contributed by atoms with Crippen LogP contribution < -0.4 is 5.32 Å². The Morgan fingerprint density at radius 3 is 2.40 bits per heavy atom. The average Bonchev–Trinajstić information content (AvgIpc) is 2.68. The fourth-order valence-corrected chi connectivity index (χ4v) is 3.64. The molecule has 1 aliphatic rings. The molecule has 2 aromatic carbocycles. The zero-order valence-corrected chi connectivity index (χ0v) is 18.4. The van der Waals surface area contributed by atoms with Crippen LogP contribution in [0.2, 0.25) is 10.0 Å². The lowest BCUT2D eigenvalue weighted by atomic mass is 9.96. The van der Waals surface area contributed by atoms with Gasteiger partial charge >= 0.3 is 0 Å². The van der Waals surface area contributed by atoms with E-state index in [-0.39, 0.29) is 19.2 Å². The Morgan fingerprint density at radius 1 is 1.17 bits per heavy atom. The number of carbonyl (C=O) groups is 2. The maximum atomic E-state index is 13.4. The molecule has 0 saturated carbocycles. The molecule has 0 aliphatic carbocycles. The minimum absolute atomic E-state index is 0.0788. The monoisotopic (exact) mass is 448 g/mol. The molecule has 0 atom stereocenters. The van der Waals surface area contributed by atoms with E-state index in [0.717, 1.165) is 0 Å². The van der Waals surface area contributed by atoms with Crippen LogP contribution in [0.1, 0.15) is 19.4 Å². The molecule has 2 aromatic rings. The highest BCUT2D eigenvalue weighted by atomic mass is 35.5. The van der Waals surface area contributed by atoms with Crippen molar-refractivity contribution in [1.82, 2.24) is 4.90 Å². The van der Waals surface area contributed by atoms with Crippen LogP contribution >= 0.6 is 23.2 Å². The Morgan fingerprint density at radius 2 is 1.80 bits per heavy atom. The van der Waals surface area contributed by atoms with Gasteiger partial charge in [0.25, 0.3) is 5.91 Å². The quantitative estimate of drug-likeness (QED) is 0.701. The molecule has 2 amide bonds. The lowest BCUT2D eigenvalue weighted by molar-refractivity contribution is -0.147. The van der Waals surface area contributed by atoms with Gasteiger partial charge in [-0.1, -0.05) is 53.5 Å². The lowest BCUT2D eigenvalue weighted by Crippen LogP contribution is -2.57. The normalized spacial score (nSPS) is 14.6. The van der Waals surface area contributed by atoms with Gasteiger partial charge in [0, 0.05) is 22.8 Å². The first kappa shape index (κ1) is 22.2. The van der Waals surface area contributed by atoms with Crippen molar-refractivity contribution in [3.63, 3.8) is 0 Å². The third-order valence-corrected chi connectivity index (χ3v) is 5.23. The van der Waals surface area contributed by atoms with E-state index in [1.165, 1.54) is 12.0 Å². The number of nitrogens with zero attached hydrogens (tertiary/aromatic N) is 1. The van der Waals surface area contributed by atoms with Gasteiger partial charge in [0.05, 0.1) is 5.57 Å². The average molecular weight is 449 g/mol. The van der Waals surface area contributed by atoms with Gasteiger partial charge in [0.1, 0.15) is 17.9 Å². The van der Waals surface area contributed by atoms with Crippen LogP contribution in [0.25, 0.3) is 5.57 Å². The topological polar surface area (TPSA) is 67.9 Å². The molecule has 0 unspecified atom stereocenters. The van der Waals surface area contributed by atoms with Gasteiger partial charge in [0.2, 0.25) is 5.91 Å². The van der Waals surface area contributed by atoms with Crippen molar-refractivity contribution in [2.45, 2.75) is 19.4 Å². The summed E-state index contributed by atoms with van der Waals surface area (Å²) in [7, 11) is 1.53. The van der Waals surface area contributed by atoms with Gasteiger partial charge in [-0.3, -0.25) is 14.5 Å². The summed E-state index contributed by atoms with van der Waals surface area (Å²) in [5, 5.41) is 3.56. The second-order valence-corrected chi connectivity index (χ2v) is 8.15. The first-order chi connectivity index (χ1) is 14.2. The van der Waals surface area contributed by atoms with Crippen LogP contribution in [0.5, 0.6) is 0 Å². The number of nitrogens with one attached hydrogen (secondary N) is 1. The van der Waals surface area contributed by atoms with Gasteiger partial charge in [-0.25, -0.2) is 0 Å². The second-order valence-electron chi connectivity index (χ2n) is 7.28. The summed E-state index contributed by atoms with van der Waals surface area (Å²) in [5.74, 6) is -0.285. The maximum Gasteiger partial charge on any atom is 0.261 e. The van der Waals surface area contributed by atoms with Crippen LogP contribution in [0.3, 0.4) is 0 Å². The van der Waals surface area contributed by atoms with E-state index in [2.05, 4.69) is 5.32 Å². The molecule has 0 bridgehead atoms. The molecule has 30 heavy (non-hydrogen) atoms. The van der Waals surface area contributed by atoms with E-state index in [1.54, 1.807) is 32.0 Å². The minimum atomic E-state index is -1.22. The van der Waals surface area contributed by atoms with Gasteiger partial charge < -0.3 is 14.8 Å². The van der Waals surface area contributed by atoms with Crippen molar-refractivity contribution in [3.8, 4) is 0 Å². The zero-order valence-electron chi connectivity index (χ0n) is 16.9. The fourth-order valence-electron chi connectivity index (χ4n) is 3.11. The first-order valence-corrected chi connectivity index (χ1v) is 9.99. The van der Waals surface area contributed by atoms with E-state index in [0.29, 0.717) is 32.6 Å². The molecule has 158 valence electrons. The summed E-state index contributed by atoms with van der Waals surface area (Å²) in [4.78, 5) is 27.9. The number of halogens is 2. The number of methoxy groups -OCH3 is 1. The Hall–Kier alpha value is -2.54. The zero-order chi connectivity index (χ0) is 21.9. The van der Waals surface area contributed by atoms with Gasteiger partial charge in [-0.2, -0.15) is 0 Å². The molecule has 1 heterocycles. The number of hydrogen-bond acceptors (Lipinski definition) is 4. The highest BCUT2D eigenvalue weighted by molar-refractivity contribution is 6.35. The molecule has 1 aliphatic heterocycles. The Kier molecular flexibility index (Phi) is 6.71. The fraction of sp³-hybridized carbons (Fsp3) is 0.273. The number of hydrogen-bond donors (Lipinski definition) is 1. The van der Waals surface area contributed by atoms with E-state index in [4.69, 9.17) is 32.7 Å². The SMILES string of the molecule is COCC1=C(c2ccccc2)C(=O)N(C(C)(C)C(=O)Nc2cc(Cl)cc(Cl)c2)CO1. The highest BCUT2D eigenvalue weighted by Gasteiger charge is 2.42. The van der Waals surface area contributed by atoms with Gasteiger partial charge in [0.15, 0.2) is 6.73 Å².